The molecule has 2 rings (SSSR count). The standard InChI is InChI=1S/C14H10Cl2O/c15-12-6-11(7-13(16)8-12)14(9-17)10-4-2-1-3-5-10/h1-9,14H. The average molecular weight is 265 g/mol. The molecule has 0 bridgehead atoms. The number of rotatable bonds is 3. The number of aldehydes is 1. The lowest BCUT2D eigenvalue weighted by molar-refractivity contribution is -0.108. The van der Waals surface area contributed by atoms with Gasteiger partial charge in [-0.3, -0.25) is 0 Å². The number of hydrogen-bond acceptors (Lipinski definition) is 1. The van der Waals surface area contributed by atoms with Gasteiger partial charge in [0.15, 0.2) is 0 Å². The predicted molar refractivity (Wildman–Crippen MR) is 70.8 cm³/mol. The van der Waals surface area contributed by atoms with Gasteiger partial charge in [0, 0.05) is 10.0 Å². The molecule has 86 valence electrons. The second-order valence-corrected chi connectivity index (χ2v) is 4.60. The zero-order valence-electron chi connectivity index (χ0n) is 8.94. The third-order valence-electron chi connectivity index (χ3n) is 2.54. The van der Waals surface area contributed by atoms with Crippen molar-refractivity contribution in [2.24, 2.45) is 0 Å². The van der Waals surface area contributed by atoms with Crippen molar-refractivity contribution in [2.45, 2.75) is 5.92 Å². The van der Waals surface area contributed by atoms with E-state index in [0.29, 0.717) is 10.0 Å². The molecule has 0 spiro atoms. The van der Waals surface area contributed by atoms with E-state index in [1.807, 2.05) is 30.3 Å². The molecule has 0 aliphatic heterocycles. The molecule has 0 aliphatic rings. The molecule has 2 aromatic rings. The monoisotopic (exact) mass is 264 g/mol. The summed E-state index contributed by atoms with van der Waals surface area (Å²) in [5.74, 6) is -0.326. The third kappa shape index (κ3) is 2.87. The molecule has 0 amide bonds. The van der Waals surface area contributed by atoms with Gasteiger partial charge in [-0.1, -0.05) is 53.5 Å². The molecular weight excluding hydrogens is 255 g/mol. The fourth-order valence-corrected chi connectivity index (χ4v) is 2.31. The van der Waals surface area contributed by atoms with E-state index in [9.17, 15) is 4.79 Å². The summed E-state index contributed by atoms with van der Waals surface area (Å²) in [6.45, 7) is 0. The smallest absolute Gasteiger partial charge is 0.131 e. The van der Waals surface area contributed by atoms with E-state index in [1.54, 1.807) is 18.2 Å². The van der Waals surface area contributed by atoms with Crippen molar-refractivity contribution in [3.8, 4) is 0 Å². The van der Waals surface area contributed by atoms with Crippen LogP contribution in [0.2, 0.25) is 10.0 Å². The van der Waals surface area contributed by atoms with Crippen molar-refractivity contribution in [1.29, 1.82) is 0 Å². The van der Waals surface area contributed by atoms with Crippen LogP contribution in [0.3, 0.4) is 0 Å². The summed E-state index contributed by atoms with van der Waals surface area (Å²) in [4.78, 5) is 11.2. The normalized spacial score (nSPS) is 12.1. The summed E-state index contributed by atoms with van der Waals surface area (Å²) in [5, 5.41) is 1.07. The minimum absolute atomic E-state index is 0.326. The van der Waals surface area contributed by atoms with Crippen molar-refractivity contribution in [2.75, 3.05) is 0 Å². The van der Waals surface area contributed by atoms with Crippen LogP contribution in [-0.4, -0.2) is 6.29 Å². The average Bonchev–Trinajstić information content (AvgIpc) is 2.30. The van der Waals surface area contributed by atoms with E-state index in [-0.39, 0.29) is 5.92 Å². The van der Waals surface area contributed by atoms with E-state index in [1.165, 1.54) is 0 Å². The van der Waals surface area contributed by atoms with Crippen LogP contribution < -0.4 is 0 Å². The van der Waals surface area contributed by atoms with Crippen molar-refractivity contribution in [1.82, 2.24) is 0 Å². The zero-order valence-corrected chi connectivity index (χ0v) is 10.4. The number of hydrogen-bond donors (Lipinski definition) is 0. The lowest BCUT2D eigenvalue weighted by Gasteiger charge is -2.11. The van der Waals surface area contributed by atoms with Crippen molar-refractivity contribution < 1.29 is 4.79 Å². The molecule has 0 N–H and O–H groups in total. The molecule has 0 aromatic heterocycles. The zero-order chi connectivity index (χ0) is 12.3. The quantitative estimate of drug-likeness (QED) is 0.755. The topological polar surface area (TPSA) is 17.1 Å². The summed E-state index contributed by atoms with van der Waals surface area (Å²) in [7, 11) is 0. The first-order valence-corrected chi connectivity index (χ1v) is 5.92. The first-order chi connectivity index (χ1) is 8.20. The molecule has 2 aromatic carbocycles. The maximum Gasteiger partial charge on any atom is 0.131 e. The van der Waals surface area contributed by atoms with Gasteiger partial charge < -0.3 is 4.79 Å². The van der Waals surface area contributed by atoms with Gasteiger partial charge in [-0.05, 0) is 29.3 Å². The first-order valence-electron chi connectivity index (χ1n) is 5.17. The Labute approximate surface area is 110 Å². The highest BCUT2D eigenvalue weighted by molar-refractivity contribution is 6.34. The Morgan fingerprint density at radius 2 is 1.47 bits per heavy atom. The SMILES string of the molecule is O=CC(c1ccccc1)c1cc(Cl)cc(Cl)c1. The van der Waals surface area contributed by atoms with E-state index < -0.39 is 0 Å². The van der Waals surface area contributed by atoms with Crippen LogP contribution in [0.1, 0.15) is 17.0 Å². The molecule has 0 saturated carbocycles. The number of carbonyl (C=O) groups excluding carboxylic acids is 1. The van der Waals surface area contributed by atoms with Gasteiger partial charge in [0.2, 0.25) is 0 Å². The van der Waals surface area contributed by atoms with Crippen LogP contribution in [-0.2, 0) is 4.79 Å². The summed E-state index contributed by atoms with van der Waals surface area (Å²) < 4.78 is 0. The van der Waals surface area contributed by atoms with Crippen LogP contribution >= 0.6 is 23.2 Å². The van der Waals surface area contributed by atoms with E-state index in [0.717, 1.165) is 17.4 Å². The van der Waals surface area contributed by atoms with Crippen LogP contribution in [0.25, 0.3) is 0 Å². The molecule has 0 fully saturated rings. The Kier molecular flexibility index (Phi) is 3.82. The lowest BCUT2D eigenvalue weighted by Crippen LogP contribution is -2.02. The van der Waals surface area contributed by atoms with E-state index in [4.69, 9.17) is 23.2 Å². The highest BCUT2D eigenvalue weighted by Gasteiger charge is 2.13. The Balaban J connectivity index is 2.46. The molecule has 0 radical (unpaired) electrons. The minimum atomic E-state index is -0.326. The highest BCUT2D eigenvalue weighted by Crippen LogP contribution is 2.28. The van der Waals surface area contributed by atoms with Crippen LogP contribution in [0.5, 0.6) is 0 Å². The van der Waals surface area contributed by atoms with Crippen molar-refractivity contribution in [3.63, 3.8) is 0 Å². The van der Waals surface area contributed by atoms with E-state index in [2.05, 4.69) is 0 Å². The molecule has 0 heterocycles. The number of halogens is 2. The Bertz CT molecular complexity index is 503. The fourth-order valence-electron chi connectivity index (χ4n) is 1.76. The maximum atomic E-state index is 11.2. The van der Waals surface area contributed by atoms with Crippen LogP contribution in [0.4, 0.5) is 0 Å². The first kappa shape index (κ1) is 12.2. The van der Waals surface area contributed by atoms with Crippen LogP contribution in [0, 0.1) is 0 Å². The molecule has 3 heteroatoms. The molecule has 0 saturated heterocycles. The van der Waals surface area contributed by atoms with Gasteiger partial charge in [0.05, 0.1) is 5.92 Å². The Morgan fingerprint density at radius 3 is 2.00 bits per heavy atom. The molecule has 1 unspecified atom stereocenters. The van der Waals surface area contributed by atoms with E-state index >= 15 is 0 Å². The predicted octanol–water partition coefficient (Wildman–Crippen LogP) is 4.32. The van der Waals surface area contributed by atoms with Gasteiger partial charge in [-0.25, -0.2) is 0 Å². The fraction of sp³-hybridized carbons (Fsp3) is 0.0714. The van der Waals surface area contributed by atoms with Crippen molar-refractivity contribution >= 4 is 29.5 Å². The van der Waals surface area contributed by atoms with Gasteiger partial charge in [-0.2, -0.15) is 0 Å². The largest absolute Gasteiger partial charge is 0.302 e. The lowest BCUT2D eigenvalue weighted by atomic mass is 9.93. The molecule has 1 atom stereocenters. The van der Waals surface area contributed by atoms with Crippen molar-refractivity contribution in [3.05, 3.63) is 69.7 Å². The molecule has 17 heavy (non-hydrogen) atoms. The van der Waals surface area contributed by atoms with Gasteiger partial charge in [-0.15, -0.1) is 0 Å². The molecule has 1 nitrogen and oxygen atoms in total. The number of carbonyl (C=O) groups is 1. The second kappa shape index (κ2) is 5.35. The summed E-state index contributed by atoms with van der Waals surface area (Å²) in [6.07, 6.45) is 0.900. The maximum absolute atomic E-state index is 11.2. The summed E-state index contributed by atoms with van der Waals surface area (Å²) in [5.41, 5.74) is 1.74. The van der Waals surface area contributed by atoms with Gasteiger partial charge in [0.1, 0.15) is 6.29 Å². The number of benzene rings is 2. The van der Waals surface area contributed by atoms with Gasteiger partial charge >= 0.3 is 0 Å². The second-order valence-electron chi connectivity index (χ2n) is 3.73. The summed E-state index contributed by atoms with van der Waals surface area (Å²) in [6, 6.07) is 14.7. The Hall–Kier alpha value is -1.31. The third-order valence-corrected chi connectivity index (χ3v) is 2.98. The highest BCUT2D eigenvalue weighted by atomic mass is 35.5. The molecular formula is C14H10Cl2O. The summed E-state index contributed by atoms with van der Waals surface area (Å²) >= 11 is 11.9. The molecule has 0 aliphatic carbocycles. The minimum Gasteiger partial charge on any atom is -0.302 e. The van der Waals surface area contributed by atoms with Crippen LogP contribution in [0.15, 0.2) is 48.5 Å². The Morgan fingerprint density at radius 1 is 0.882 bits per heavy atom. The van der Waals surface area contributed by atoms with Gasteiger partial charge in [0.25, 0.3) is 0 Å².